The van der Waals surface area contributed by atoms with Crippen molar-refractivity contribution in [2.45, 2.75) is 6.42 Å². The molecular weight excluding hydrogens is 390 g/mol. The Morgan fingerprint density at radius 1 is 1.07 bits per heavy atom. The van der Waals surface area contributed by atoms with Crippen molar-refractivity contribution < 1.29 is 14.6 Å². The molecule has 2 aromatic carbocycles. The minimum Gasteiger partial charge on any atom is -0.477 e. The number of carbonyl (C=O) groups is 1. The number of hydrogen-bond donors (Lipinski definition) is 2. The number of nitrogens with zero attached hydrogens (tertiary/aromatic N) is 2. The largest absolute Gasteiger partial charge is 0.477 e. The Balaban J connectivity index is 1.52. The summed E-state index contributed by atoms with van der Waals surface area (Å²) in [5.41, 5.74) is 3.27. The summed E-state index contributed by atoms with van der Waals surface area (Å²) in [4.78, 5) is 21.6. The van der Waals surface area contributed by atoms with E-state index >= 15 is 0 Å². The number of halogens is 1. The van der Waals surface area contributed by atoms with Crippen LogP contribution in [0, 0.1) is 0 Å². The van der Waals surface area contributed by atoms with Crippen molar-refractivity contribution in [2.24, 2.45) is 0 Å². The second-order valence-electron chi connectivity index (χ2n) is 7.02. The number of imidazole rings is 1. The average molecular weight is 412 g/mol. The van der Waals surface area contributed by atoms with Crippen LogP contribution in [0.1, 0.15) is 16.1 Å². The van der Waals surface area contributed by atoms with Gasteiger partial charge in [-0.05, 0) is 24.1 Å². The van der Waals surface area contributed by atoms with E-state index in [1.807, 2.05) is 12.1 Å². The highest BCUT2D eigenvalue weighted by atomic mass is 35.5. The second kappa shape index (κ2) is 8.78. The summed E-state index contributed by atoms with van der Waals surface area (Å²) in [6.45, 7) is 4.58. The van der Waals surface area contributed by atoms with E-state index in [9.17, 15) is 9.90 Å². The minimum atomic E-state index is -1.05. The highest BCUT2D eigenvalue weighted by molar-refractivity contribution is 6.30. The summed E-state index contributed by atoms with van der Waals surface area (Å²) >= 11 is 5.94. The summed E-state index contributed by atoms with van der Waals surface area (Å²) in [6, 6.07) is 15.1. The molecule has 0 unspecified atom stereocenters. The molecule has 0 saturated carbocycles. The first-order valence-electron chi connectivity index (χ1n) is 9.59. The van der Waals surface area contributed by atoms with Crippen LogP contribution in [0.4, 0.5) is 0 Å². The molecule has 4 rings (SSSR count). The van der Waals surface area contributed by atoms with Crippen LogP contribution >= 0.6 is 11.6 Å². The monoisotopic (exact) mass is 411 g/mol. The number of carboxylic acids is 1. The van der Waals surface area contributed by atoms with Gasteiger partial charge >= 0.3 is 5.97 Å². The van der Waals surface area contributed by atoms with Gasteiger partial charge in [0, 0.05) is 35.8 Å². The maximum atomic E-state index is 11.7. The molecule has 3 aromatic rings. The molecule has 0 amide bonds. The molecule has 0 spiro atoms. The van der Waals surface area contributed by atoms with Gasteiger partial charge in [0.15, 0.2) is 5.69 Å². The Kier molecular flexibility index (Phi) is 5.94. The first-order chi connectivity index (χ1) is 14.1. The van der Waals surface area contributed by atoms with E-state index in [1.54, 1.807) is 24.3 Å². The minimum absolute atomic E-state index is 0.0683. The Hall–Kier alpha value is -2.67. The SMILES string of the molecule is O=C(O)c1[nH]c(-c2ccc(CCN3CCOCC3)cc2)nc1-c1ccc(Cl)cc1. The number of aromatic nitrogens is 2. The standard InChI is InChI=1S/C22H22ClN3O3/c23-18-7-5-16(6-8-18)19-20(22(27)28)25-21(24-19)17-3-1-15(2-4-17)9-10-26-11-13-29-14-12-26/h1-8H,9-14H2,(H,24,25)(H,27,28). The fourth-order valence-corrected chi connectivity index (χ4v) is 3.55. The molecule has 0 atom stereocenters. The molecular formula is C22H22ClN3O3. The maximum Gasteiger partial charge on any atom is 0.354 e. The number of morpholine rings is 1. The summed E-state index contributed by atoms with van der Waals surface area (Å²) in [7, 11) is 0. The van der Waals surface area contributed by atoms with Gasteiger partial charge in [-0.15, -0.1) is 0 Å². The Morgan fingerprint density at radius 3 is 2.38 bits per heavy atom. The molecule has 0 bridgehead atoms. The zero-order chi connectivity index (χ0) is 20.2. The van der Waals surface area contributed by atoms with Crippen molar-refractivity contribution in [2.75, 3.05) is 32.8 Å². The number of benzene rings is 2. The number of ether oxygens (including phenoxy) is 1. The molecule has 1 aliphatic heterocycles. The van der Waals surface area contributed by atoms with Crippen molar-refractivity contribution in [1.29, 1.82) is 0 Å². The van der Waals surface area contributed by atoms with Gasteiger partial charge in [0.05, 0.1) is 13.2 Å². The molecule has 6 nitrogen and oxygen atoms in total. The number of carboxylic acid groups (broad SMARTS) is 1. The van der Waals surface area contributed by atoms with Gasteiger partial charge in [0.25, 0.3) is 0 Å². The van der Waals surface area contributed by atoms with E-state index in [1.165, 1.54) is 5.56 Å². The third-order valence-corrected chi connectivity index (χ3v) is 5.34. The lowest BCUT2D eigenvalue weighted by Crippen LogP contribution is -2.37. The van der Waals surface area contributed by atoms with Crippen LogP contribution in [-0.4, -0.2) is 58.8 Å². The van der Waals surface area contributed by atoms with Gasteiger partial charge in [-0.1, -0.05) is 48.0 Å². The molecule has 1 saturated heterocycles. The number of H-pyrrole nitrogens is 1. The van der Waals surface area contributed by atoms with E-state index < -0.39 is 5.97 Å². The molecule has 0 aliphatic carbocycles. The molecule has 7 heteroatoms. The molecule has 2 N–H and O–H groups in total. The van der Waals surface area contributed by atoms with E-state index in [-0.39, 0.29) is 5.69 Å². The Labute approximate surface area is 174 Å². The average Bonchev–Trinajstić information content (AvgIpc) is 3.20. The predicted molar refractivity (Wildman–Crippen MR) is 112 cm³/mol. The van der Waals surface area contributed by atoms with Gasteiger partial charge in [0.1, 0.15) is 11.5 Å². The van der Waals surface area contributed by atoms with Crippen molar-refractivity contribution in [1.82, 2.24) is 14.9 Å². The van der Waals surface area contributed by atoms with Crippen LogP contribution in [0.15, 0.2) is 48.5 Å². The smallest absolute Gasteiger partial charge is 0.354 e. The topological polar surface area (TPSA) is 78.5 Å². The second-order valence-corrected chi connectivity index (χ2v) is 7.46. The molecule has 29 heavy (non-hydrogen) atoms. The van der Waals surface area contributed by atoms with Crippen molar-refractivity contribution >= 4 is 17.6 Å². The van der Waals surface area contributed by atoms with Crippen LogP contribution in [0.25, 0.3) is 22.6 Å². The van der Waals surface area contributed by atoms with Gasteiger partial charge in [0.2, 0.25) is 0 Å². The third kappa shape index (κ3) is 4.67. The summed E-state index contributed by atoms with van der Waals surface area (Å²) in [6.07, 6.45) is 0.967. The molecule has 0 radical (unpaired) electrons. The molecule has 1 aromatic heterocycles. The lowest BCUT2D eigenvalue weighted by Gasteiger charge is -2.26. The van der Waals surface area contributed by atoms with E-state index in [4.69, 9.17) is 16.3 Å². The van der Waals surface area contributed by atoms with Crippen molar-refractivity contribution in [3.05, 3.63) is 64.8 Å². The maximum absolute atomic E-state index is 11.7. The summed E-state index contributed by atoms with van der Waals surface area (Å²) < 4.78 is 5.38. The van der Waals surface area contributed by atoms with Crippen LogP contribution in [-0.2, 0) is 11.2 Å². The zero-order valence-electron chi connectivity index (χ0n) is 15.9. The quantitative estimate of drug-likeness (QED) is 0.641. The number of aromatic amines is 1. The molecule has 2 heterocycles. The van der Waals surface area contributed by atoms with E-state index in [0.717, 1.165) is 44.8 Å². The van der Waals surface area contributed by atoms with E-state index in [2.05, 4.69) is 27.0 Å². The number of aromatic carboxylic acids is 1. The lowest BCUT2D eigenvalue weighted by atomic mass is 10.1. The summed E-state index contributed by atoms with van der Waals surface area (Å²) in [5, 5.41) is 10.2. The fourth-order valence-electron chi connectivity index (χ4n) is 3.42. The summed E-state index contributed by atoms with van der Waals surface area (Å²) in [5.74, 6) is -0.511. The van der Waals surface area contributed by atoms with Crippen LogP contribution in [0.2, 0.25) is 5.02 Å². The molecule has 1 fully saturated rings. The van der Waals surface area contributed by atoms with E-state index in [0.29, 0.717) is 22.1 Å². The normalized spacial score (nSPS) is 14.8. The van der Waals surface area contributed by atoms with Gasteiger partial charge in [-0.2, -0.15) is 0 Å². The first-order valence-corrected chi connectivity index (χ1v) is 9.96. The van der Waals surface area contributed by atoms with Crippen LogP contribution in [0.3, 0.4) is 0 Å². The Morgan fingerprint density at radius 2 is 1.72 bits per heavy atom. The zero-order valence-corrected chi connectivity index (χ0v) is 16.7. The first kappa shape index (κ1) is 19.6. The highest BCUT2D eigenvalue weighted by Crippen LogP contribution is 2.27. The predicted octanol–water partition coefficient (Wildman–Crippen LogP) is 3.97. The van der Waals surface area contributed by atoms with Crippen LogP contribution in [0.5, 0.6) is 0 Å². The number of hydrogen-bond acceptors (Lipinski definition) is 4. The van der Waals surface area contributed by atoms with Crippen molar-refractivity contribution in [3.8, 4) is 22.6 Å². The van der Waals surface area contributed by atoms with Crippen LogP contribution < -0.4 is 0 Å². The highest BCUT2D eigenvalue weighted by Gasteiger charge is 2.19. The van der Waals surface area contributed by atoms with Crippen molar-refractivity contribution in [3.63, 3.8) is 0 Å². The molecule has 1 aliphatic rings. The molecule has 150 valence electrons. The van der Waals surface area contributed by atoms with Gasteiger partial charge < -0.3 is 14.8 Å². The Bertz CT molecular complexity index is 978. The number of rotatable bonds is 6. The van der Waals surface area contributed by atoms with Gasteiger partial charge in [-0.25, -0.2) is 9.78 Å². The fraction of sp³-hybridized carbons (Fsp3) is 0.273. The van der Waals surface area contributed by atoms with Gasteiger partial charge in [-0.3, -0.25) is 4.90 Å². The third-order valence-electron chi connectivity index (χ3n) is 5.08. The number of nitrogens with one attached hydrogen (secondary N) is 1. The lowest BCUT2D eigenvalue weighted by molar-refractivity contribution is 0.0384.